The lowest BCUT2D eigenvalue weighted by molar-refractivity contribution is 0.342. The summed E-state index contributed by atoms with van der Waals surface area (Å²) in [5, 5.41) is 3.10. The average molecular weight is 245 g/mol. The minimum atomic E-state index is 0.131. The van der Waals surface area contributed by atoms with E-state index in [4.69, 9.17) is 16.2 Å². The van der Waals surface area contributed by atoms with Crippen LogP contribution in [0.1, 0.15) is 6.92 Å². The Kier molecular flexibility index (Phi) is 3.47. The van der Waals surface area contributed by atoms with E-state index < -0.39 is 0 Å². The van der Waals surface area contributed by atoms with Crippen molar-refractivity contribution in [3.8, 4) is 5.75 Å². The van der Waals surface area contributed by atoms with Crippen molar-refractivity contribution < 1.29 is 4.74 Å². The van der Waals surface area contributed by atoms with Crippen LogP contribution in [0.3, 0.4) is 0 Å². The van der Waals surface area contributed by atoms with E-state index in [0.717, 1.165) is 11.4 Å². The van der Waals surface area contributed by atoms with Gasteiger partial charge in [-0.25, -0.2) is 0 Å². The lowest BCUT2D eigenvalue weighted by atomic mass is 10.3. The molecule has 5 N–H and O–H groups in total. The number of hydrogen-bond acceptors (Lipinski definition) is 6. The van der Waals surface area contributed by atoms with E-state index in [-0.39, 0.29) is 5.95 Å². The van der Waals surface area contributed by atoms with Gasteiger partial charge in [0.1, 0.15) is 17.4 Å². The second-order valence-corrected chi connectivity index (χ2v) is 3.59. The summed E-state index contributed by atoms with van der Waals surface area (Å²) in [7, 11) is 0. The third-order valence-electron chi connectivity index (χ3n) is 2.21. The molecule has 1 heterocycles. The predicted octanol–water partition coefficient (Wildman–Crippen LogP) is 1.78. The van der Waals surface area contributed by atoms with Gasteiger partial charge in [0.05, 0.1) is 12.3 Å². The van der Waals surface area contributed by atoms with Gasteiger partial charge in [-0.05, 0) is 19.1 Å². The first kappa shape index (κ1) is 12.0. The van der Waals surface area contributed by atoms with Crippen molar-refractivity contribution in [1.29, 1.82) is 0 Å². The van der Waals surface area contributed by atoms with Crippen LogP contribution in [0.15, 0.2) is 30.3 Å². The van der Waals surface area contributed by atoms with Crippen LogP contribution in [0.25, 0.3) is 0 Å². The quantitative estimate of drug-likeness (QED) is 0.759. The molecule has 0 radical (unpaired) electrons. The first-order valence-corrected chi connectivity index (χ1v) is 5.58. The van der Waals surface area contributed by atoms with Crippen molar-refractivity contribution in [1.82, 2.24) is 9.97 Å². The van der Waals surface area contributed by atoms with Gasteiger partial charge in [-0.2, -0.15) is 9.97 Å². The van der Waals surface area contributed by atoms with Gasteiger partial charge in [0, 0.05) is 6.07 Å². The van der Waals surface area contributed by atoms with E-state index in [1.165, 1.54) is 0 Å². The van der Waals surface area contributed by atoms with Crippen LogP contribution in [0.5, 0.6) is 5.75 Å². The lowest BCUT2D eigenvalue weighted by Gasteiger charge is -2.11. The molecule has 0 fully saturated rings. The molecule has 0 saturated heterocycles. The Bertz CT molecular complexity index is 523. The van der Waals surface area contributed by atoms with Crippen LogP contribution in [0.4, 0.5) is 23.3 Å². The topological polar surface area (TPSA) is 99.1 Å². The number of aromatic nitrogens is 2. The molecule has 0 saturated carbocycles. The molecule has 1 aromatic heterocycles. The van der Waals surface area contributed by atoms with Gasteiger partial charge in [0.15, 0.2) is 0 Å². The maximum atomic E-state index is 5.61. The number of anilines is 4. The monoisotopic (exact) mass is 245 g/mol. The summed E-state index contributed by atoms with van der Waals surface area (Å²) in [6.07, 6.45) is 0. The van der Waals surface area contributed by atoms with E-state index in [9.17, 15) is 0 Å². The van der Waals surface area contributed by atoms with Crippen molar-refractivity contribution in [2.75, 3.05) is 23.4 Å². The van der Waals surface area contributed by atoms with E-state index >= 15 is 0 Å². The van der Waals surface area contributed by atoms with Crippen LogP contribution in [-0.4, -0.2) is 16.6 Å². The molecule has 2 rings (SSSR count). The Morgan fingerprint density at radius 2 is 2.00 bits per heavy atom. The molecule has 6 heteroatoms. The highest BCUT2D eigenvalue weighted by Gasteiger charge is 2.05. The molecule has 94 valence electrons. The highest BCUT2D eigenvalue weighted by molar-refractivity contribution is 5.65. The predicted molar refractivity (Wildman–Crippen MR) is 71.8 cm³/mol. The fourth-order valence-corrected chi connectivity index (χ4v) is 1.54. The molecule has 1 aromatic carbocycles. The second-order valence-electron chi connectivity index (χ2n) is 3.59. The van der Waals surface area contributed by atoms with Crippen LogP contribution in [-0.2, 0) is 0 Å². The fourth-order valence-electron chi connectivity index (χ4n) is 1.54. The van der Waals surface area contributed by atoms with Crippen LogP contribution < -0.4 is 21.5 Å². The Balaban J connectivity index is 2.27. The largest absolute Gasteiger partial charge is 0.492 e. The SMILES string of the molecule is CCOc1ccccc1Nc1cc(N)nc(N)n1. The zero-order valence-electron chi connectivity index (χ0n) is 10.1. The van der Waals surface area contributed by atoms with Crippen molar-refractivity contribution in [2.24, 2.45) is 0 Å². The van der Waals surface area contributed by atoms with Gasteiger partial charge in [-0.3, -0.25) is 0 Å². The van der Waals surface area contributed by atoms with Crippen molar-refractivity contribution in [3.05, 3.63) is 30.3 Å². The van der Waals surface area contributed by atoms with Gasteiger partial charge in [0.25, 0.3) is 0 Å². The average Bonchev–Trinajstić information content (AvgIpc) is 2.30. The zero-order chi connectivity index (χ0) is 13.0. The van der Waals surface area contributed by atoms with Gasteiger partial charge in [-0.1, -0.05) is 12.1 Å². The standard InChI is InChI=1S/C12H15N5O/c1-2-18-9-6-4-3-5-8(9)15-11-7-10(13)16-12(14)17-11/h3-7H,2H2,1H3,(H5,13,14,15,16,17). The van der Waals surface area contributed by atoms with Gasteiger partial charge in [-0.15, -0.1) is 0 Å². The van der Waals surface area contributed by atoms with Crippen molar-refractivity contribution >= 4 is 23.3 Å². The second kappa shape index (κ2) is 5.22. The maximum absolute atomic E-state index is 5.61. The summed E-state index contributed by atoms with van der Waals surface area (Å²) in [6, 6.07) is 9.18. The Morgan fingerprint density at radius 3 is 2.72 bits per heavy atom. The minimum Gasteiger partial charge on any atom is -0.492 e. The molecule has 2 aromatic rings. The molecule has 18 heavy (non-hydrogen) atoms. The van der Waals surface area contributed by atoms with Crippen LogP contribution in [0, 0.1) is 0 Å². The third-order valence-corrected chi connectivity index (χ3v) is 2.21. The van der Waals surface area contributed by atoms with Gasteiger partial charge >= 0.3 is 0 Å². The number of hydrogen-bond donors (Lipinski definition) is 3. The number of para-hydroxylation sites is 2. The highest BCUT2D eigenvalue weighted by Crippen LogP contribution is 2.27. The first-order valence-electron chi connectivity index (χ1n) is 5.58. The summed E-state index contributed by atoms with van der Waals surface area (Å²) in [6.45, 7) is 2.52. The summed E-state index contributed by atoms with van der Waals surface area (Å²) in [5.74, 6) is 1.73. The smallest absolute Gasteiger partial charge is 0.223 e. The van der Waals surface area contributed by atoms with Crippen molar-refractivity contribution in [3.63, 3.8) is 0 Å². The Labute approximate surface area is 105 Å². The highest BCUT2D eigenvalue weighted by atomic mass is 16.5. The summed E-state index contributed by atoms with van der Waals surface area (Å²) in [4.78, 5) is 7.86. The molecule has 0 aliphatic carbocycles. The number of benzene rings is 1. The van der Waals surface area contributed by atoms with Gasteiger partial charge in [0.2, 0.25) is 5.95 Å². The number of rotatable bonds is 4. The minimum absolute atomic E-state index is 0.131. The maximum Gasteiger partial charge on any atom is 0.223 e. The van der Waals surface area contributed by atoms with Crippen LogP contribution in [0.2, 0.25) is 0 Å². The summed E-state index contributed by atoms with van der Waals surface area (Å²) in [5.41, 5.74) is 11.9. The molecular formula is C12H15N5O. The molecule has 0 unspecified atom stereocenters. The molecule has 6 nitrogen and oxygen atoms in total. The molecule has 0 aliphatic rings. The Morgan fingerprint density at radius 1 is 1.22 bits per heavy atom. The molecule has 0 spiro atoms. The number of ether oxygens (including phenoxy) is 1. The number of nitrogen functional groups attached to an aromatic ring is 2. The van der Waals surface area contributed by atoms with Gasteiger partial charge < -0.3 is 21.5 Å². The van der Waals surface area contributed by atoms with Crippen molar-refractivity contribution in [2.45, 2.75) is 6.92 Å². The zero-order valence-corrected chi connectivity index (χ0v) is 10.1. The molecule has 0 amide bonds. The van der Waals surface area contributed by atoms with E-state index in [0.29, 0.717) is 18.2 Å². The number of nitrogens with two attached hydrogens (primary N) is 2. The van der Waals surface area contributed by atoms with Crippen LogP contribution >= 0.6 is 0 Å². The molecule has 0 bridgehead atoms. The summed E-state index contributed by atoms with van der Waals surface area (Å²) < 4.78 is 5.50. The summed E-state index contributed by atoms with van der Waals surface area (Å²) >= 11 is 0. The lowest BCUT2D eigenvalue weighted by Crippen LogP contribution is -2.04. The number of nitrogens with zero attached hydrogens (tertiary/aromatic N) is 2. The van der Waals surface area contributed by atoms with E-state index in [1.54, 1.807) is 6.07 Å². The third kappa shape index (κ3) is 2.79. The van der Waals surface area contributed by atoms with E-state index in [2.05, 4.69) is 15.3 Å². The van der Waals surface area contributed by atoms with E-state index in [1.807, 2.05) is 31.2 Å². The Hall–Kier alpha value is -2.50. The fraction of sp³-hybridized carbons (Fsp3) is 0.167. The number of nitrogens with one attached hydrogen (secondary N) is 1. The molecular weight excluding hydrogens is 230 g/mol. The molecule has 0 aliphatic heterocycles. The first-order chi connectivity index (χ1) is 8.69. The molecule has 0 atom stereocenters. The normalized spacial score (nSPS) is 10.1.